The molecule has 0 spiro atoms. The van der Waals surface area contributed by atoms with Gasteiger partial charge in [-0.2, -0.15) is 0 Å². The first-order valence-electron chi connectivity index (χ1n) is 12.1. The van der Waals surface area contributed by atoms with E-state index in [1.54, 1.807) is 0 Å². The SMILES string of the molecule is CCCCC(CC)C(=O)N1CCN(C(=O)CSc2nnc(C)n2-c2ccccc2C)CC1C. The molecule has 1 aromatic heterocycles. The van der Waals surface area contributed by atoms with Gasteiger partial charge in [-0.25, -0.2) is 0 Å². The molecule has 1 aromatic carbocycles. The Labute approximate surface area is 201 Å². The lowest BCUT2D eigenvalue weighted by molar-refractivity contribution is -0.144. The van der Waals surface area contributed by atoms with Crippen molar-refractivity contribution in [2.45, 2.75) is 71.5 Å². The average Bonchev–Trinajstić information content (AvgIpc) is 3.18. The van der Waals surface area contributed by atoms with Crippen molar-refractivity contribution in [2.75, 3.05) is 25.4 Å². The van der Waals surface area contributed by atoms with Gasteiger partial charge in [-0.3, -0.25) is 14.2 Å². The summed E-state index contributed by atoms with van der Waals surface area (Å²) < 4.78 is 2.01. The molecule has 2 atom stereocenters. The van der Waals surface area contributed by atoms with E-state index in [1.807, 2.05) is 39.5 Å². The number of piperazine rings is 1. The van der Waals surface area contributed by atoms with Gasteiger partial charge in [0.15, 0.2) is 5.16 Å². The number of amides is 2. The molecular weight excluding hydrogens is 434 g/mol. The third kappa shape index (κ3) is 5.96. The van der Waals surface area contributed by atoms with Gasteiger partial charge >= 0.3 is 0 Å². The molecule has 2 aromatic rings. The summed E-state index contributed by atoms with van der Waals surface area (Å²) in [6.07, 6.45) is 4.02. The lowest BCUT2D eigenvalue weighted by Gasteiger charge is -2.41. The van der Waals surface area contributed by atoms with E-state index in [-0.39, 0.29) is 23.8 Å². The lowest BCUT2D eigenvalue weighted by atomic mass is 9.96. The number of hydrogen-bond acceptors (Lipinski definition) is 5. The Morgan fingerprint density at radius 1 is 1.15 bits per heavy atom. The molecule has 0 N–H and O–H groups in total. The number of aromatic nitrogens is 3. The predicted octanol–water partition coefficient (Wildman–Crippen LogP) is 4.25. The molecule has 2 heterocycles. The second-order valence-corrected chi connectivity index (χ2v) is 9.85. The number of carbonyl (C=O) groups is 2. The summed E-state index contributed by atoms with van der Waals surface area (Å²) in [6, 6.07) is 8.14. The maximum Gasteiger partial charge on any atom is 0.233 e. The third-order valence-electron chi connectivity index (χ3n) is 6.49. The molecule has 180 valence electrons. The normalized spacial score (nSPS) is 17.3. The monoisotopic (exact) mass is 471 g/mol. The van der Waals surface area contributed by atoms with Crippen molar-refractivity contribution in [3.05, 3.63) is 35.7 Å². The van der Waals surface area contributed by atoms with Crippen molar-refractivity contribution in [3.63, 3.8) is 0 Å². The Hall–Kier alpha value is -2.35. The standard InChI is InChI=1S/C25H37N5O2S/c1-6-8-12-21(7-2)24(32)29-15-14-28(16-19(29)4)23(31)17-33-25-27-26-20(5)30(25)22-13-10-9-11-18(22)3/h9-11,13,19,21H,6-8,12,14-17H2,1-5H3. The molecule has 2 amide bonds. The number of carbonyl (C=O) groups excluding carboxylic acids is 2. The van der Waals surface area contributed by atoms with E-state index in [2.05, 4.69) is 44.0 Å². The molecule has 8 heteroatoms. The minimum absolute atomic E-state index is 0.0359. The lowest BCUT2D eigenvalue weighted by Crippen LogP contribution is -2.56. The van der Waals surface area contributed by atoms with E-state index >= 15 is 0 Å². The number of unbranched alkanes of at least 4 members (excludes halogenated alkanes) is 1. The number of para-hydroxylation sites is 1. The minimum Gasteiger partial charge on any atom is -0.338 e. The van der Waals surface area contributed by atoms with Crippen LogP contribution in [0.1, 0.15) is 57.8 Å². The molecular formula is C25H37N5O2S. The highest BCUT2D eigenvalue weighted by atomic mass is 32.2. The van der Waals surface area contributed by atoms with Crippen LogP contribution < -0.4 is 0 Å². The maximum atomic E-state index is 13.0. The first-order valence-corrected chi connectivity index (χ1v) is 13.0. The smallest absolute Gasteiger partial charge is 0.233 e. The van der Waals surface area contributed by atoms with Crippen molar-refractivity contribution < 1.29 is 9.59 Å². The summed E-state index contributed by atoms with van der Waals surface area (Å²) in [5, 5.41) is 9.26. The maximum absolute atomic E-state index is 13.0. The third-order valence-corrected chi connectivity index (χ3v) is 7.40. The first-order chi connectivity index (χ1) is 15.9. The van der Waals surface area contributed by atoms with Gasteiger partial charge in [-0.1, -0.05) is 56.7 Å². The summed E-state index contributed by atoms with van der Waals surface area (Å²) in [7, 11) is 0. The zero-order chi connectivity index (χ0) is 24.0. The fourth-order valence-corrected chi connectivity index (χ4v) is 5.34. The molecule has 0 bridgehead atoms. The number of hydrogen-bond donors (Lipinski definition) is 0. The molecule has 2 unspecified atom stereocenters. The van der Waals surface area contributed by atoms with Crippen LogP contribution in [0.15, 0.2) is 29.4 Å². The molecule has 3 rings (SSSR count). The Balaban J connectivity index is 1.59. The molecule has 1 aliphatic heterocycles. The van der Waals surface area contributed by atoms with Crippen molar-refractivity contribution >= 4 is 23.6 Å². The summed E-state index contributed by atoms with van der Waals surface area (Å²) >= 11 is 1.42. The van der Waals surface area contributed by atoms with Crippen LogP contribution >= 0.6 is 11.8 Å². The van der Waals surface area contributed by atoms with Crippen LogP contribution in [-0.2, 0) is 9.59 Å². The largest absolute Gasteiger partial charge is 0.338 e. The zero-order valence-electron chi connectivity index (χ0n) is 20.6. The predicted molar refractivity (Wildman–Crippen MR) is 133 cm³/mol. The Kier molecular flexibility index (Phi) is 8.95. The van der Waals surface area contributed by atoms with Gasteiger partial charge < -0.3 is 9.80 Å². The van der Waals surface area contributed by atoms with Gasteiger partial charge in [-0.05, 0) is 45.2 Å². The molecule has 1 saturated heterocycles. The van der Waals surface area contributed by atoms with Crippen LogP contribution in [0.5, 0.6) is 0 Å². The van der Waals surface area contributed by atoms with Crippen molar-refractivity contribution in [3.8, 4) is 5.69 Å². The number of nitrogens with zero attached hydrogens (tertiary/aromatic N) is 5. The summed E-state index contributed by atoms with van der Waals surface area (Å²) in [5.74, 6) is 1.53. The Morgan fingerprint density at radius 2 is 1.91 bits per heavy atom. The van der Waals surface area contributed by atoms with E-state index < -0.39 is 0 Å². The topological polar surface area (TPSA) is 71.3 Å². The molecule has 0 radical (unpaired) electrons. The first kappa shape index (κ1) is 25.3. The minimum atomic E-state index is 0.0359. The van der Waals surface area contributed by atoms with Crippen molar-refractivity contribution in [1.82, 2.24) is 24.6 Å². The summed E-state index contributed by atoms with van der Waals surface area (Å²) in [5.41, 5.74) is 2.16. The molecule has 0 aliphatic carbocycles. The molecule has 1 fully saturated rings. The van der Waals surface area contributed by atoms with E-state index in [4.69, 9.17) is 0 Å². The van der Waals surface area contributed by atoms with Gasteiger partial charge in [0, 0.05) is 31.6 Å². The van der Waals surface area contributed by atoms with Gasteiger partial charge in [0.25, 0.3) is 0 Å². The van der Waals surface area contributed by atoms with Crippen LogP contribution in [0.2, 0.25) is 0 Å². The van der Waals surface area contributed by atoms with Crippen LogP contribution in [0.3, 0.4) is 0 Å². The molecule has 1 aliphatic rings. The molecule has 0 saturated carbocycles. The second kappa shape index (κ2) is 11.7. The van der Waals surface area contributed by atoms with Crippen LogP contribution in [0.25, 0.3) is 5.69 Å². The van der Waals surface area contributed by atoms with Crippen molar-refractivity contribution in [1.29, 1.82) is 0 Å². The highest BCUT2D eigenvalue weighted by Gasteiger charge is 2.32. The summed E-state index contributed by atoms with van der Waals surface area (Å²) in [4.78, 5) is 29.9. The fourth-order valence-electron chi connectivity index (χ4n) is 4.44. The van der Waals surface area contributed by atoms with Gasteiger partial charge in [0.2, 0.25) is 11.8 Å². The highest BCUT2D eigenvalue weighted by Crippen LogP contribution is 2.25. The van der Waals surface area contributed by atoms with Gasteiger partial charge in [0.1, 0.15) is 5.82 Å². The van der Waals surface area contributed by atoms with E-state index in [0.29, 0.717) is 25.4 Å². The Bertz CT molecular complexity index is 960. The molecule has 33 heavy (non-hydrogen) atoms. The average molecular weight is 472 g/mol. The zero-order valence-corrected chi connectivity index (χ0v) is 21.4. The van der Waals surface area contributed by atoms with Crippen LogP contribution in [-0.4, -0.2) is 67.8 Å². The van der Waals surface area contributed by atoms with Gasteiger partial charge in [0.05, 0.1) is 11.4 Å². The van der Waals surface area contributed by atoms with Crippen LogP contribution in [0, 0.1) is 19.8 Å². The van der Waals surface area contributed by atoms with Crippen LogP contribution in [0.4, 0.5) is 0 Å². The van der Waals surface area contributed by atoms with E-state index in [1.165, 1.54) is 11.8 Å². The molecule has 7 nitrogen and oxygen atoms in total. The van der Waals surface area contributed by atoms with Gasteiger partial charge in [-0.15, -0.1) is 10.2 Å². The van der Waals surface area contributed by atoms with Crippen molar-refractivity contribution in [2.24, 2.45) is 5.92 Å². The Morgan fingerprint density at radius 3 is 2.58 bits per heavy atom. The summed E-state index contributed by atoms with van der Waals surface area (Å²) in [6.45, 7) is 12.1. The highest BCUT2D eigenvalue weighted by molar-refractivity contribution is 7.99. The number of aryl methyl sites for hydroxylation is 2. The number of benzene rings is 1. The van der Waals surface area contributed by atoms with E-state index in [9.17, 15) is 9.59 Å². The quantitative estimate of drug-likeness (QED) is 0.511. The number of rotatable bonds is 9. The number of thioether (sulfide) groups is 1. The second-order valence-electron chi connectivity index (χ2n) is 8.91. The van der Waals surface area contributed by atoms with E-state index in [0.717, 1.165) is 47.9 Å². The fraction of sp³-hybridized carbons (Fsp3) is 0.600.